The molecule has 1 unspecified atom stereocenters. The Labute approximate surface area is 82.8 Å². The van der Waals surface area contributed by atoms with Crippen LogP contribution in [0.3, 0.4) is 0 Å². The van der Waals surface area contributed by atoms with Crippen LogP contribution in [0.5, 0.6) is 0 Å². The molecule has 0 spiro atoms. The first kappa shape index (κ1) is 15.5. The molecule has 0 aliphatic rings. The lowest BCUT2D eigenvalue weighted by molar-refractivity contribution is 0.229. The molecule has 0 bridgehead atoms. The van der Waals surface area contributed by atoms with Crippen molar-refractivity contribution in [1.29, 1.82) is 0 Å². The molecule has 1 atom stereocenters. The summed E-state index contributed by atoms with van der Waals surface area (Å²) in [4.78, 5) is 0. The van der Waals surface area contributed by atoms with Crippen molar-refractivity contribution >= 4 is 8.56 Å². The van der Waals surface area contributed by atoms with Crippen LogP contribution >= 0.6 is 0 Å². The van der Waals surface area contributed by atoms with Gasteiger partial charge in [-0.2, -0.15) is 0 Å². The molecule has 0 fully saturated rings. The molecule has 0 rings (SSSR count). The first-order chi connectivity index (χ1) is 5.64. The Balaban J connectivity index is 0. The van der Waals surface area contributed by atoms with Crippen molar-refractivity contribution in [2.75, 3.05) is 20.8 Å². The summed E-state index contributed by atoms with van der Waals surface area (Å²) in [5.74, 6) is 0. The van der Waals surface area contributed by atoms with Crippen LogP contribution < -0.4 is 11.5 Å². The lowest BCUT2D eigenvalue weighted by Crippen LogP contribution is -2.56. The van der Waals surface area contributed by atoms with Crippen molar-refractivity contribution < 1.29 is 8.85 Å². The van der Waals surface area contributed by atoms with Gasteiger partial charge in [0.25, 0.3) is 0 Å². The van der Waals surface area contributed by atoms with Gasteiger partial charge in [0, 0.05) is 14.2 Å². The standard InChI is InChI=1S/C8H21NO2Si.H3N/c1-6-8(9-7-2)12(5,10-3)11-4;/h8-9H,6-7H2,1-5H3;1H3. The van der Waals surface area contributed by atoms with Crippen LogP contribution in [-0.4, -0.2) is 35.0 Å². The highest BCUT2D eigenvalue weighted by atomic mass is 28.4. The molecule has 0 aromatic carbocycles. The quantitative estimate of drug-likeness (QED) is 0.648. The van der Waals surface area contributed by atoms with Crippen LogP contribution in [0, 0.1) is 0 Å². The second kappa shape index (κ2) is 7.46. The molecule has 0 radical (unpaired) electrons. The van der Waals surface area contributed by atoms with E-state index in [0.717, 1.165) is 13.0 Å². The Morgan fingerprint density at radius 1 is 1.23 bits per heavy atom. The predicted molar refractivity (Wildman–Crippen MR) is 58.4 cm³/mol. The van der Waals surface area contributed by atoms with E-state index in [1.165, 1.54) is 0 Å². The summed E-state index contributed by atoms with van der Waals surface area (Å²) in [6.45, 7) is 7.30. The smallest absolute Gasteiger partial charge is 0.351 e. The summed E-state index contributed by atoms with van der Waals surface area (Å²) in [6, 6.07) is 0. The summed E-state index contributed by atoms with van der Waals surface area (Å²) in [6.07, 6.45) is 1.05. The third-order valence-electron chi connectivity index (χ3n) is 2.30. The number of nitrogens with one attached hydrogen (secondary N) is 1. The van der Waals surface area contributed by atoms with E-state index < -0.39 is 8.56 Å². The molecule has 0 saturated heterocycles. The minimum Gasteiger partial charge on any atom is -0.397 e. The molecule has 0 aromatic heterocycles. The topological polar surface area (TPSA) is 65.5 Å². The lowest BCUT2D eigenvalue weighted by Gasteiger charge is -2.31. The summed E-state index contributed by atoms with van der Waals surface area (Å²) in [5.41, 5.74) is 0.387. The Kier molecular flexibility index (Phi) is 8.91. The molecular formula is C8H24N2O2Si. The molecule has 0 aliphatic heterocycles. The number of rotatable bonds is 6. The van der Waals surface area contributed by atoms with E-state index in [1.54, 1.807) is 14.2 Å². The molecular weight excluding hydrogens is 184 g/mol. The normalized spacial score (nSPS) is 13.6. The molecule has 0 aromatic rings. The second-order valence-electron chi connectivity index (χ2n) is 2.94. The third kappa shape index (κ3) is 4.19. The molecule has 4 nitrogen and oxygen atoms in total. The van der Waals surface area contributed by atoms with Crippen LogP contribution in [0.15, 0.2) is 0 Å². The largest absolute Gasteiger partial charge is 0.397 e. The highest BCUT2D eigenvalue weighted by Gasteiger charge is 2.37. The van der Waals surface area contributed by atoms with Gasteiger partial charge in [-0.15, -0.1) is 0 Å². The molecule has 0 aliphatic carbocycles. The Bertz CT molecular complexity index is 121. The lowest BCUT2D eigenvalue weighted by atomic mass is 10.5. The predicted octanol–water partition coefficient (Wildman–Crippen LogP) is 1.44. The van der Waals surface area contributed by atoms with Gasteiger partial charge in [-0.05, 0) is 19.5 Å². The SMILES string of the molecule is CCNC(CC)[Si](C)(OC)OC.N. The van der Waals surface area contributed by atoms with Crippen LogP contribution in [0.4, 0.5) is 0 Å². The van der Waals surface area contributed by atoms with Crippen LogP contribution in [0.1, 0.15) is 20.3 Å². The Morgan fingerprint density at radius 3 is 1.92 bits per heavy atom. The Morgan fingerprint density at radius 2 is 1.69 bits per heavy atom. The van der Waals surface area contributed by atoms with Crippen molar-refractivity contribution in [2.24, 2.45) is 0 Å². The van der Waals surface area contributed by atoms with Crippen molar-refractivity contribution in [2.45, 2.75) is 32.5 Å². The average Bonchev–Trinajstić information content (AvgIpc) is 2.13. The summed E-state index contributed by atoms with van der Waals surface area (Å²) >= 11 is 0. The molecule has 82 valence electrons. The van der Waals surface area contributed by atoms with E-state index in [4.69, 9.17) is 8.85 Å². The van der Waals surface area contributed by atoms with Gasteiger partial charge in [-0.1, -0.05) is 13.8 Å². The van der Waals surface area contributed by atoms with Crippen molar-refractivity contribution in [3.63, 3.8) is 0 Å². The van der Waals surface area contributed by atoms with Crippen LogP contribution in [-0.2, 0) is 8.85 Å². The molecule has 0 amide bonds. The fraction of sp³-hybridized carbons (Fsp3) is 1.00. The van der Waals surface area contributed by atoms with Gasteiger partial charge in [0.2, 0.25) is 0 Å². The highest BCUT2D eigenvalue weighted by molar-refractivity contribution is 6.67. The van der Waals surface area contributed by atoms with Gasteiger partial charge in [-0.3, -0.25) is 0 Å². The summed E-state index contributed by atoms with van der Waals surface area (Å²) in [5, 5.41) is 3.39. The van der Waals surface area contributed by atoms with E-state index >= 15 is 0 Å². The summed E-state index contributed by atoms with van der Waals surface area (Å²) < 4.78 is 10.9. The monoisotopic (exact) mass is 208 g/mol. The molecule has 13 heavy (non-hydrogen) atoms. The second-order valence-corrected chi connectivity index (χ2v) is 6.49. The van der Waals surface area contributed by atoms with Gasteiger partial charge < -0.3 is 20.3 Å². The average molecular weight is 208 g/mol. The zero-order chi connectivity index (χ0) is 9.61. The van der Waals surface area contributed by atoms with E-state index in [9.17, 15) is 0 Å². The van der Waals surface area contributed by atoms with E-state index in [-0.39, 0.29) is 6.15 Å². The first-order valence-electron chi connectivity index (χ1n) is 4.48. The van der Waals surface area contributed by atoms with Gasteiger partial charge in [0.15, 0.2) is 0 Å². The zero-order valence-electron chi connectivity index (χ0n) is 9.52. The molecule has 4 N–H and O–H groups in total. The van der Waals surface area contributed by atoms with Gasteiger partial charge >= 0.3 is 8.56 Å². The van der Waals surface area contributed by atoms with Gasteiger partial charge in [-0.25, -0.2) is 0 Å². The van der Waals surface area contributed by atoms with E-state index in [0.29, 0.717) is 5.67 Å². The minimum atomic E-state index is -1.96. The molecule has 0 heterocycles. The minimum absolute atomic E-state index is 0. The van der Waals surface area contributed by atoms with Crippen LogP contribution in [0.25, 0.3) is 0 Å². The summed E-state index contributed by atoms with van der Waals surface area (Å²) in [7, 11) is 1.50. The fourth-order valence-electron chi connectivity index (χ4n) is 1.31. The van der Waals surface area contributed by atoms with Crippen molar-refractivity contribution in [3.8, 4) is 0 Å². The Hall–Kier alpha value is 0.0569. The highest BCUT2D eigenvalue weighted by Crippen LogP contribution is 2.12. The van der Waals surface area contributed by atoms with Gasteiger partial charge in [0.1, 0.15) is 0 Å². The van der Waals surface area contributed by atoms with E-state index in [1.807, 2.05) is 0 Å². The maximum atomic E-state index is 5.45. The van der Waals surface area contributed by atoms with Crippen LogP contribution in [0.2, 0.25) is 6.55 Å². The fourth-order valence-corrected chi connectivity index (χ4v) is 3.37. The number of hydrogen-bond acceptors (Lipinski definition) is 4. The molecule has 0 saturated carbocycles. The maximum absolute atomic E-state index is 5.45. The maximum Gasteiger partial charge on any atom is 0.351 e. The van der Waals surface area contributed by atoms with Crippen molar-refractivity contribution in [1.82, 2.24) is 11.5 Å². The van der Waals surface area contributed by atoms with Gasteiger partial charge in [0.05, 0.1) is 5.67 Å². The number of hydrogen-bond donors (Lipinski definition) is 2. The zero-order valence-corrected chi connectivity index (χ0v) is 10.5. The van der Waals surface area contributed by atoms with E-state index in [2.05, 4.69) is 25.7 Å². The third-order valence-corrected chi connectivity index (χ3v) is 5.80. The van der Waals surface area contributed by atoms with Crippen molar-refractivity contribution in [3.05, 3.63) is 0 Å². The first-order valence-corrected chi connectivity index (χ1v) is 6.87. The molecule has 5 heteroatoms.